The Morgan fingerprint density at radius 3 is 2.83 bits per heavy atom. The van der Waals surface area contributed by atoms with E-state index in [0.717, 1.165) is 19.3 Å². The van der Waals surface area contributed by atoms with Crippen LogP contribution in [0.4, 0.5) is 11.4 Å². The summed E-state index contributed by atoms with van der Waals surface area (Å²) in [5.74, 6) is 0. The van der Waals surface area contributed by atoms with Gasteiger partial charge in [-0.1, -0.05) is 19.8 Å². The second-order valence-electron chi connectivity index (χ2n) is 4.29. The molecular formula is C13H17N3O2. The van der Waals surface area contributed by atoms with Gasteiger partial charge in [-0.05, 0) is 25.5 Å². The van der Waals surface area contributed by atoms with Crippen LogP contribution in [0, 0.1) is 21.4 Å². The Kier molecular flexibility index (Phi) is 5.12. The summed E-state index contributed by atoms with van der Waals surface area (Å²) in [5, 5.41) is 22.8. The molecular weight excluding hydrogens is 230 g/mol. The van der Waals surface area contributed by atoms with Gasteiger partial charge in [-0.15, -0.1) is 0 Å². The maximum Gasteiger partial charge on any atom is 0.289 e. The highest BCUT2D eigenvalue weighted by molar-refractivity contribution is 5.59. The number of nitro benzene ring substituents is 1. The van der Waals surface area contributed by atoms with Gasteiger partial charge in [0.05, 0.1) is 4.92 Å². The molecule has 0 spiro atoms. The zero-order chi connectivity index (χ0) is 13.5. The third-order valence-electron chi connectivity index (χ3n) is 2.72. The van der Waals surface area contributed by atoms with Gasteiger partial charge in [-0.3, -0.25) is 10.1 Å². The topological polar surface area (TPSA) is 79.0 Å². The summed E-state index contributed by atoms with van der Waals surface area (Å²) in [5.41, 5.74) is 0.626. The lowest BCUT2D eigenvalue weighted by molar-refractivity contribution is -0.385. The van der Waals surface area contributed by atoms with Gasteiger partial charge >= 0.3 is 0 Å². The van der Waals surface area contributed by atoms with Crippen molar-refractivity contribution in [2.24, 2.45) is 0 Å². The number of unbranched alkanes of at least 4 members (excludes halogenated alkanes) is 1. The fourth-order valence-electron chi connectivity index (χ4n) is 1.73. The summed E-state index contributed by atoms with van der Waals surface area (Å²) < 4.78 is 0. The molecule has 0 fully saturated rings. The standard InChI is InChI=1S/C13H17N3O2/c1-3-4-5-10(2)15-12-7-6-11(9-14)13(8-12)16(17)18/h6-8,10,15H,3-5H2,1-2H3. The van der Waals surface area contributed by atoms with Crippen molar-refractivity contribution in [1.29, 1.82) is 5.26 Å². The second-order valence-corrected chi connectivity index (χ2v) is 4.29. The van der Waals surface area contributed by atoms with Gasteiger partial charge in [-0.25, -0.2) is 0 Å². The van der Waals surface area contributed by atoms with E-state index in [1.807, 2.05) is 13.0 Å². The molecule has 18 heavy (non-hydrogen) atoms. The van der Waals surface area contributed by atoms with E-state index in [-0.39, 0.29) is 17.3 Å². The summed E-state index contributed by atoms with van der Waals surface area (Å²) in [6.07, 6.45) is 3.26. The average molecular weight is 247 g/mol. The molecule has 0 aliphatic rings. The number of nitrogens with zero attached hydrogens (tertiary/aromatic N) is 2. The van der Waals surface area contributed by atoms with Gasteiger partial charge in [0, 0.05) is 17.8 Å². The van der Waals surface area contributed by atoms with Crippen molar-refractivity contribution in [2.75, 3.05) is 5.32 Å². The Labute approximate surface area is 107 Å². The lowest BCUT2D eigenvalue weighted by Gasteiger charge is -2.14. The van der Waals surface area contributed by atoms with Crippen molar-refractivity contribution in [3.63, 3.8) is 0 Å². The predicted molar refractivity (Wildman–Crippen MR) is 70.4 cm³/mol. The van der Waals surface area contributed by atoms with Crippen LogP contribution in [0.15, 0.2) is 18.2 Å². The molecule has 0 heterocycles. The lowest BCUT2D eigenvalue weighted by atomic mass is 10.1. The fourth-order valence-corrected chi connectivity index (χ4v) is 1.73. The summed E-state index contributed by atoms with van der Waals surface area (Å²) in [4.78, 5) is 10.3. The van der Waals surface area contributed by atoms with Gasteiger partial charge in [0.25, 0.3) is 5.69 Å². The van der Waals surface area contributed by atoms with Crippen LogP contribution in [0.25, 0.3) is 0 Å². The van der Waals surface area contributed by atoms with Crippen LogP contribution < -0.4 is 5.32 Å². The minimum atomic E-state index is -0.527. The Hall–Kier alpha value is -2.09. The van der Waals surface area contributed by atoms with Gasteiger partial charge in [-0.2, -0.15) is 5.26 Å². The van der Waals surface area contributed by atoms with Gasteiger partial charge in [0.15, 0.2) is 0 Å². The number of hydrogen-bond acceptors (Lipinski definition) is 4. The molecule has 0 aromatic heterocycles. The normalized spacial score (nSPS) is 11.6. The molecule has 0 amide bonds. The first-order valence-corrected chi connectivity index (χ1v) is 6.03. The van der Waals surface area contributed by atoms with E-state index in [1.54, 1.807) is 6.07 Å². The van der Waals surface area contributed by atoms with Gasteiger partial charge < -0.3 is 5.32 Å². The Bertz CT molecular complexity index is 466. The molecule has 0 bridgehead atoms. The number of anilines is 1. The Morgan fingerprint density at radius 1 is 1.56 bits per heavy atom. The van der Waals surface area contributed by atoms with E-state index in [9.17, 15) is 10.1 Å². The smallest absolute Gasteiger partial charge is 0.289 e. The third kappa shape index (κ3) is 3.74. The minimum absolute atomic E-state index is 0.0896. The monoisotopic (exact) mass is 247 g/mol. The van der Waals surface area contributed by atoms with Crippen molar-refractivity contribution in [3.8, 4) is 6.07 Å². The molecule has 0 aliphatic heterocycles. The number of nitriles is 1. The third-order valence-corrected chi connectivity index (χ3v) is 2.72. The molecule has 0 saturated carbocycles. The quantitative estimate of drug-likeness (QED) is 0.616. The molecule has 0 radical (unpaired) electrons. The van der Waals surface area contributed by atoms with Crippen molar-refractivity contribution >= 4 is 11.4 Å². The van der Waals surface area contributed by atoms with E-state index in [4.69, 9.17) is 5.26 Å². The first-order valence-electron chi connectivity index (χ1n) is 6.03. The maximum absolute atomic E-state index is 10.8. The van der Waals surface area contributed by atoms with Crippen LogP contribution >= 0.6 is 0 Å². The van der Waals surface area contributed by atoms with Gasteiger partial charge in [0.2, 0.25) is 0 Å². The Morgan fingerprint density at radius 2 is 2.28 bits per heavy atom. The zero-order valence-corrected chi connectivity index (χ0v) is 10.6. The molecule has 5 heteroatoms. The highest BCUT2D eigenvalue weighted by Crippen LogP contribution is 2.23. The summed E-state index contributed by atoms with van der Waals surface area (Å²) in [7, 11) is 0. The maximum atomic E-state index is 10.8. The molecule has 1 N–H and O–H groups in total. The highest BCUT2D eigenvalue weighted by atomic mass is 16.6. The van der Waals surface area contributed by atoms with Crippen LogP contribution in [0.2, 0.25) is 0 Å². The molecule has 0 saturated heterocycles. The molecule has 0 aliphatic carbocycles. The fraction of sp³-hybridized carbons (Fsp3) is 0.462. The molecule has 1 unspecified atom stereocenters. The number of nitro groups is 1. The van der Waals surface area contributed by atoms with E-state index in [2.05, 4.69) is 12.2 Å². The summed E-state index contributed by atoms with van der Waals surface area (Å²) in [6, 6.07) is 6.68. The van der Waals surface area contributed by atoms with Crippen LogP contribution in [0.5, 0.6) is 0 Å². The number of hydrogen-bond donors (Lipinski definition) is 1. The SMILES string of the molecule is CCCCC(C)Nc1ccc(C#N)c([N+](=O)[O-])c1. The van der Waals surface area contributed by atoms with E-state index >= 15 is 0 Å². The first kappa shape index (κ1) is 14.0. The van der Waals surface area contributed by atoms with Crippen LogP contribution in [-0.2, 0) is 0 Å². The van der Waals surface area contributed by atoms with E-state index < -0.39 is 4.92 Å². The first-order chi connectivity index (χ1) is 8.58. The molecule has 96 valence electrons. The second kappa shape index (κ2) is 6.60. The molecule has 1 aromatic rings. The minimum Gasteiger partial charge on any atom is -0.382 e. The number of rotatable bonds is 6. The van der Waals surface area contributed by atoms with Crippen molar-refractivity contribution < 1.29 is 4.92 Å². The van der Waals surface area contributed by atoms with E-state index in [1.165, 1.54) is 12.1 Å². The number of benzene rings is 1. The largest absolute Gasteiger partial charge is 0.382 e. The summed E-state index contributed by atoms with van der Waals surface area (Å²) in [6.45, 7) is 4.17. The van der Waals surface area contributed by atoms with Crippen molar-refractivity contribution in [1.82, 2.24) is 0 Å². The highest BCUT2D eigenvalue weighted by Gasteiger charge is 2.14. The molecule has 1 atom stereocenters. The zero-order valence-electron chi connectivity index (χ0n) is 10.6. The molecule has 1 aromatic carbocycles. The number of nitrogens with one attached hydrogen (secondary N) is 1. The molecule has 5 nitrogen and oxygen atoms in total. The van der Waals surface area contributed by atoms with E-state index in [0.29, 0.717) is 5.69 Å². The van der Waals surface area contributed by atoms with Crippen LogP contribution in [0.3, 0.4) is 0 Å². The van der Waals surface area contributed by atoms with Gasteiger partial charge in [0.1, 0.15) is 11.6 Å². The van der Waals surface area contributed by atoms with Crippen molar-refractivity contribution in [3.05, 3.63) is 33.9 Å². The molecule has 1 rings (SSSR count). The predicted octanol–water partition coefficient (Wildman–Crippen LogP) is 3.46. The average Bonchev–Trinajstić information content (AvgIpc) is 2.36. The Balaban J connectivity index is 2.82. The summed E-state index contributed by atoms with van der Waals surface area (Å²) >= 11 is 0. The van der Waals surface area contributed by atoms with Crippen molar-refractivity contribution in [2.45, 2.75) is 39.2 Å². The van der Waals surface area contributed by atoms with Crippen LogP contribution in [-0.4, -0.2) is 11.0 Å². The lowest BCUT2D eigenvalue weighted by Crippen LogP contribution is -2.14. The van der Waals surface area contributed by atoms with Crippen LogP contribution in [0.1, 0.15) is 38.7 Å².